The summed E-state index contributed by atoms with van der Waals surface area (Å²) in [5, 5.41) is 7.44. The second-order valence-corrected chi connectivity index (χ2v) is 7.97. The Morgan fingerprint density at radius 2 is 2.04 bits per heavy atom. The molecule has 1 aromatic heterocycles. The molecule has 0 spiro atoms. The van der Waals surface area contributed by atoms with Gasteiger partial charge in [0.05, 0.1) is 18.0 Å². The molecule has 2 rings (SSSR count). The Morgan fingerprint density at radius 3 is 2.65 bits per heavy atom. The number of urea groups is 1. The summed E-state index contributed by atoms with van der Waals surface area (Å²) < 4.78 is 25.7. The lowest BCUT2D eigenvalue weighted by Crippen LogP contribution is -2.27. The van der Waals surface area contributed by atoms with E-state index < -0.39 is 10.0 Å². The van der Waals surface area contributed by atoms with Crippen molar-refractivity contribution in [3.63, 3.8) is 0 Å². The van der Waals surface area contributed by atoms with Gasteiger partial charge in [0.25, 0.3) is 0 Å². The van der Waals surface area contributed by atoms with E-state index in [1.807, 2.05) is 17.5 Å². The van der Waals surface area contributed by atoms with Crippen LogP contribution in [0.2, 0.25) is 0 Å². The van der Waals surface area contributed by atoms with Crippen LogP contribution in [0.15, 0.2) is 35.7 Å². The molecule has 124 valence electrons. The standard InChI is InChI=1S/C15H19N3O3S2/c1-3-23(20,21)18-14-7-6-12(9-11(14)2)17-15(19)16-10-13-5-4-8-22-13/h4-9,18H,3,10H2,1-2H3,(H2,16,17,19). The van der Waals surface area contributed by atoms with E-state index >= 15 is 0 Å². The first kappa shape index (κ1) is 17.3. The molecule has 0 unspecified atom stereocenters. The molecule has 6 nitrogen and oxygen atoms in total. The molecule has 0 fully saturated rings. The van der Waals surface area contributed by atoms with Gasteiger partial charge in [-0.25, -0.2) is 13.2 Å². The van der Waals surface area contributed by atoms with Crippen molar-refractivity contribution < 1.29 is 13.2 Å². The fraction of sp³-hybridized carbons (Fsp3) is 0.267. The molecule has 23 heavy (non-hydrogen) atoms. The fourth-order valence-corrected chi connectivity index (χ4v) is 3.20. The van der Waals surface area contributed by atoms with Crippen LogP contribution in [0, 0.1) is 6.92 Å². The molecule has 3 N–H and O–H groups in total. The Bertz CT molecular complexity index is 771. The maximum atomic E-state index is 11.8. The number of benzene rings is 1. The average Bonchev–Trinajstić information content (AvgIpc) is 3.01. The van der Waals surface area contributed by atoms with E-state index in [0.717, 1.165) is 10.4 Å². The van der Waals surface area contributed by atoms with E-state index in [-0.39, 0.29) is 11.8 Å². The second-order valence-electron chi connectivity index (χ2n) is 4.92. The van der Waals surface area contributed by atoms with Crippen molar-refractivity contribution in [1.29, 1.82) is 0 Å². The number of nitrogens with one attached hydrogen (secondary N) is 3. The SMILES string of the molecule is CCS(=O)(=O)Nc1ccc(NC(=O)NCc2cccs2)cc1C. The van der Waals surface area contributed by atoms with Crippen molar-refractivity contribution in [3.05, 3.63) is 46.2 Å². The molecular formula is C15H19N3O3S2. The fourth-order valence-electron chi connectivity index (χ4n) is 1.85. The number of hydrogen-bond acceptors (Lipinski definition) is 4. The summed E-state index contributed by atoms with van der Waals surface area (Å²) in [5.74, 6) is 0.0115. The number of rotatable bonds is 6. The summed E-state index contributed by atoms with van der Waals surface area (Å²) in [5.41, 5.74) is 1.85. The summed E-state index contributed by atoms with van der Waals surface area (Å²) in [6.45, 7) is 3.82. The van der Waals surface area contributed by atoms with E-state index in [0.29, 0.717) is 17.9 Å². The van der Waals surface area contributed by atoms with Crippen LogP contribution in [0.4, 0.5) is 16.2 Å². The molecule has 0 atom stereocenters. The molecule has 2 aromatic rings. The molecule has 0 saturated carbocycles. The molecular weight excluding hydrogens is 334 g/mol. The molecule has 0 aliphatic heterocycles. The van der Waals surface area contributed by atoms with Gasteiger partial charge >= 0.3 is 6.03 Å². The van der Waals surface area contributed by atoms with Crippen LogP contribution < -0.4 is 15.4 Å². The normalized spacial score (nSPS) is 11.0. The molecule has 2 amide bonds. The van der Waals surface area contributed by atoms with Gasteiger partial charge in [-0.3, -0.25) is 4.72 Å². The number of aryl methyl sites for hydroxylation is 1. The summed E-state index contributed by atoms with van der Waals surface area (Å²) in [4.78, 5) is 12.9. The van der Waals surface area contributed by atoms with Crippen molar-refractivity contribution in [3.8, 4) is 0 Å². The van der Waals surface area contributed by atoms with Crippen LogP contribution in [0.1, 0.15) is 17.4 Å². The molecule has 0 radical (unpaired) electrons. The van der Waals surface area contributed by atoms with Gasteiger partial charge in [-0.05, 0) is 49.1 Å². The van der Waals surface area contributed by atoms with Crippen LogP contribution in [0.5, 0.6) is 0 Å². The molecule has 8 heteroatoms. The number of carbonyl (C=O) groups is 1. The number of sulfonamides is 1. The van der Waals surface area contributed by atoms with Gasteiger partial charge in [-0.1, -0.05) is 6.07 Å². The third-order valence-electron chi connectivity index (χ3n) is 3.13. The van der Waals surface area contributed by atoms with Crippen molar-refractivity contribution in [2.24, 2.45) is 0 Å². The van der Waals surface area contributed by atoms with Gasteiger partial charge < -0.3 is 10.6 Å². The lowest BCUT2D eigenvalue weighted by Gasteiger charge is -2.12. The lowest BCUT2D eigenvalue weighted by atomic mass is 10.2. The predicted molar refractivity (Wildman–Crippen MR) is 94.4 cm³/mol. The van der Waals surface area contributed by atoms with E-state index in [4.69, 9.17) is 0 Å². The van der Waals surface area contributed by atoms with E-state index in [2.05, 4.69) is 15.4 Å². The van der Waals surface area contributed by atoms with Gasteiger partial charge in [-0.15, -0.1) is 11.3 Å². The van der Waals surface area contributed by atoms with Crippen LogP contribution in [-0.2, 0) is 16.6 Å². The zero-order valence-electron chi connectivity index (χ0n) is 12.9. The summed E-state index contributed by atoms with van der Waals surface area (Å²) in [6.07, 6.45) is 0. The highest BCUT2D eigenvalue weighted by Crippen LogP contribution is 2.21. The molecule has 0 bridgehead atoms. The number of amides is 2. The van der Waals surface area contributed by atoms with Crippen LogP contribution in [0.25, 0.3) is 0 Å². The summed E-state index contributed by atoms with van der Waals surface area (Å²) >= 11 is 1.58. The van der Waals surface area contributed by atoms with Crippen LogP contribution >= 0.6 is 11.3 Å². The Labute approximate surface area is 140 Å². The smallest absolute Gasteiger partial charge is 0.319 e. The number of thiophene rings is 1. The maximum absolute atomic E-state index is 11.8. The van der Waals surface area contributed by atoms with E-state index in [1.54, 1.807) is 43.4 Å². The number of anilines is 2. The zero-order chi connectivity index (χ0) is 16.9. The van der Waals surface area contributed by atoms with Gasteiger partial charge in [0.15, 0.2) is 0 Å². The highest BCUT2D eigenvalue weighted by atomic mass is 32.2. The van der Waals surface area contributed by atoms with E-state index in [9.17, 15) is 13.2 Å². The van der Waals surface area contributed by atoms with Gasteiger partial charge in [0.2, 0.25) is 10.0 Å². The lowest BCUT2D eigenvalue weighted by molar-refractivity contribution is 0.252. The number of carbonyl (C=O) groups excluding carboxylic acids is 1. The molecule has 1 heterocycles. The molecule has 0 saturated heterocycles. The van der Waals surface area contributed by atoms with Crippen molar-refractivity contribution in [1.82, 2.24) is 5.32 Å². The highest BCUT2D eigenvalue weighted by molar-refractivity contribution is 7.92. The van der Waals surface area contributed by atoms with Crippen molar-refractivity contribution >= 4 is 38.8 Å². The third-order valence-corrected chi connectivity index (χ3v) is 5.30. The highest BCUT2D eigenvalue weighted by Gasteiger charge is 2.10. The first-order valence-corrected chi connectivity index (χ1v) is 9.61. The summed E-state index contributed by atoms with van der Waals surface area (Å²) in [7, 11) is -3.31. The monoisotopic (exact) mass is 353 g/mol. The van der Waals surface area contributed by atoms with Gasteiger partial charge in [0, 0.05) is 10.6 Å². The van der Waals surface area contributed by atoms with Crippen LogP contribution in [-0.4, -0.2) is 20.2 Å². The Balaban J connectivity index is 1.96. The zero-order valence-corrected chi connectivity index (χ0v) is 14.6. The third kappa shape index (κ3) is 5.26. The van der Waals surface area contributed by atoms with Crippen LogP contribution in [0.3, 0.4) is 0 Å². The van der Waals surface area contributed by atoms with Gasteiger partial charge in [0.1, 0.15) is 0 Å². The minimum atomic E-state index is -3.31. The molecule has 0 aliphatic carbocycles. The first-order chi connectivity index (χ1) is 10.9. The number of hydrogen-bond donors (Lipinski definition) is 3. The largest absolute Gasteiger partial charge is 0.333 e. The second kappa shape index (κ2) is 7.47. The Morgan fingerprint density at radius 1 is 1.26 bits per heavy atom. The van der Waals surface area contributed by atoms with Gasteiger partial charge in [-0.2, -0.15) is 0 Å². The Hall–Kier alpha value is -2.06. The Kier molecular flexibility index (Phi) is 5.62. The first-order valence-electron chi connectivity index (χ1n) is 7.08. The average molecular weight is 353 g/mol. The minimum absolute atomic E-state index is 0.0115. The maximum Gasteiger partial charge on any atom is 0.319 e. The molecule has 1 aromatic carbocycles. The predicted octanol–water partition coefficient (Wildman–Crippen LogP) is 3.14. The van der Waals surface area contributed by atoms with Crippen molar-refractivity contribution in [2.75, 3.05) is 15.8 Å². The quantitative estimate of drug-likeness (QED) is 0.745. The molecule has 0 aliphatic rings. The topological polar surface area (TPSA) is 87.3 Å². The van der Waals surface area contributed by atoms with E-state index in [1.165, 1.54) is 0 Å². The minimum Gasteiger partial charge on any atom is -0.333 e. The summed E-state index contributed by atoms with van der Waals surface area (Å²) in [6, 6.07) is 8.59. The van der Waals surface area contributed by atoms with Crippen molar-refractivity contribution in [2.45, 2.75) is 20.4 Å².